The molecule has 6 nitrogen and oxygen atoms in total. The summed E-state index contributed by atoms with van der Waals surface area (Å²) in [6.45, 7) is 1.03. The van der Waals surface area contributed by atoms with Gasteiger partial charge in [0.25, 0.3) is 11.8 Å². The van der Waals surface area contributed by atoms with Crippen molar-refractivity contribution in [2.24, 2.45) is 0 Å². The van der Waals surface area contributed by atoms with Crippen molar-refractivity contribution in [3.8, 4) is 0 Å². The highest BCUT2D eigenvalue weighted by atomic mass is 35.5. The fraction of sp³-hybridized carbons (Fsp3) is 0.0800. The summed E-state index contributed by atoms with van der Waals surface area (Å²) in [5, 5.41) is 7.90. The highest BCUT2D eigenvalue weighted by Gasteiger charge is 2.25. The number of hydrogen-bond donors (Lipinski definition) is 1. The van der Waals surface area contributed by atoms with Gasteiger partial charge in [-0.25, -0.2) is 0 Å². The molecule has 1 aliphatic rings. The van der Waals surface area contributed by atoms with E-state index in [-0.39, 0.29) is 17.4 Å². The van der Waals surface area contributed by atoms with Gasteiger partial charge in [0.1, 0.15) is 0 Å². The van der Waals surface area contributed by atoms with Crippen LogP contribution in [0.2, 0.25) is 10.0 Å². The Kier molecular flexibility index (Phi) is 5.62. The summed E-state index contributed by atoms with van der Waals surface area (Å²) >= 11 is 12.1. The monoisotopic (exact) mass is 476 g/mol. The number of hydrogen-bond acceptors (Lipinski definition) is 3. The number of halogens is 2. The molecule has 1 aliphatic heterocycles. The van der Waals surface area contributed by atoms with Gasteiger partial charge in [-0.2, -0.15) is 5.10 Å². The van der Waals surface area contributed by atoms with Gasteiger partial charge in [0.2, 0.25) is 0 Å². The lowest BCUT2D eigenvalue weighted by Gasteiger charge is -2.22. The van der Waals surface area contributed by atoms with Crippen LogP contribution in [0.5, 0.6) is 0 Å². The molecule has 0 unspecified atom stereocenters. The van der Waals surface area contributed by atoms with Gasteiger partial charge >= 0.3 is 0 Å². The zero-order valence-electron chi connectivity index (χ0n) is 17.3. The van der Waals surface area contributed by atoms with E-state index in [1.807, 2.05) is 35.0 Å². The van der Waals surface area contributed by atoms with Gasteiger partial charge in [-0.15, -0.1) is 0 Å². The average Bonchev–Trinajstić information content (AvgIpc) is 3.19. The summed E-state index contributed by atoms with van der Waals surface area (Å²) in [5.74, 6) is -0.510. The van der Waals surface area contributed by atoms with Gasteiger partial charge in [-0.3, -0.25) is 14.3 Å². The van der Waals surface area contributed by atoms with Crippen LogP contribution in [-0.4, -0.2) is 21.6 Å². The third-order valence-corrected chi connectivity index (χ3v) is 6.10. The predicted octanol–water partition coefficient (Wildman–Crippen LogP) is 5.65. The number of carbonyl (C=O) groups excluding carboxylic acids is 2. The number of benzene rings is 3. The van der Waals surface area contributed by atoms with Gasteiger partial charge in [0, 0.05) is 28.2 Å². The predicted molar refractivity (Wildman–Crippen MR) is 129 cm³/mol. The van der Waals surface area contributed by atoms with Gasteiger partial charge in [-0.1, -0.05) is 41.4 Å². The minimum Gasteiger partial charge on any atom is -0.322 e. The smallest absolute Gasteiger partial charge is 0.258 e. The van der Waals surface area contributed by atoms with Crippen molar-refractivity contribution in [2.45, 2.75) is 13.1 Å². The molecule has 2 heterocycles. The van der Waals surface area contributed by atoms with Crippen molar-refractivity contribution in [3.63, 3.8) is 0 Å². The van der Waals surface area contributed by atoms with Crippen molar-refractivity contribution in [1.82, 2.24) is 9.78 Å². The minimum absolute atomic E-state index is 0.132. The molecule has 0 bridgehead atoms. The maximum absolute atomic E-state index is 13.5. The summed E-state index contributed by atoms with van der Waals surface area (Å²) in [6, 6.07) is 21.2. The Labute approximate surface area is 200 Å². The lowest BCUT2D eigenvalue weighted by Crippen LogP contribution is -2.30. The number of anilines is 2. The number of nitrogens with one attached hydrogen (secondary N) is 1. The summed E-state index contributed by atoms with van der Waals surface area (Å²) in [4.78, 5) is 27.8. The fourth-order valence-corrected chi connectivity index (χ4v) is 4.23. The Morgan fingerprint density at radius 1 is 0.909 bits per heavy atom. The highest BCUT2D eigenvalue weighted by Crippen LogP contribution is 2.29. The molecule has 164 valence electrons. The van der Waals surface area contributed by atoms with E-state index in [1.165, 1.54) is 6.07 Å². The number of rotatable bonds is 3. The molecular formula is C25H18Cl2N4O2. The largest absolute Gasteiger partial charge is 0.322 e. The Morgan fingerprint density at radius 2 is 1.70 bits per heavy atom. The van der Waals surface area contributed by atoms with Crippen LogP contribution in [0.1, 0.15) is 32.0 Å². The Balaban J connectivity index is 1.39. The van der Waals surface area contributed by atoms with Crippen LogP contribution in [-0.2, 0) is 13.1 Å². The first-order chi connectivity index (χ1) is 16.0. The SMILES string of the molecule is O=C(Nc1ccc(C(=O)N2Cc3ccnn3Cc3ccccc32)cc1)c1cc(Cl)ccc1Cl. The first kappa shape index (κ1) is 21.2. The average molecular weight is 477 g/mol. The summed E-state index contributed by atoms with van der Waals surface area (Å²) in [7, 11) is 0. The molecular weight excluding hydrogens is 459 g/mol. The fourth-order valence-electron chi connectivity index (χ4n) is 3.86. The third kappa shape index (κ3) is 4.23. The molecule has 4 aromatic rings. The normalized spacial score (nSPS) is 12.5. The van der Waals surface area contributed by atoms with E-state index >= 15 is 0 Å². The van der Waals surface area contributed by atoms with Crippen LogP contribution in [0.4, 0.5) is 11.4 Å². The molecule has 3 aromatic carbocycles. The molecule has 0 saturated carbocycles. The maximum atomic E-state index is 13.5. The lowest BCUT2D eigenvalue weighted by atomic mass is 10.1. The van der Waals surface area contributed by atoms with Crippen LogP contribution in [0.15, 0.2) is 79.0 Å². The second kappa shape index (κ2) is 8.73. The molecule has 0 saturated heterocycles. The van der Waals surface area contributed by atoms with E-state index in [9.17, 15) is 9.59 Å². The number of amides is 2. The molecule has 0 radical (unpaired) electrons. The van der Waals surface area contributed by atoms with Gasteiger partial charge in [0.05, 0.1) is 29.4 Å². The van der Waals surface area contributed by atoms with Crippen LogP contribution in [0.3, 0.4) is 0 Å². The topological polar surface area (TPSA) is 67.2 Å². The van der Waals surface area contributed by atoms with Crippen LogP contribution in [0.25, 0.3) is 0 Å². The van der Waals surface area contributed by atoms with Gasteiger partial charge in [0.15, 0.2) is 0 Å². The van der Waals surface area contributed by atoms with Crippen LogP contribution < -0.4 is 10.2 Å². The molecule has 1 N–H and O–H groups in total. The number of para-hydroxylation sites is 1. The number of fused-ring (bicyclic) bond motifs is 2. The van der Waals surface area contributed by atoms with E-state index in [2.05, 4.69) is 10.4 Å². The molecule has 5 rings (SSSR count). The van der Waals surface area contributed by atoms with E-state index in [0.717, 1.165) is 16.9 Å². The lowest BCUT2D eigenvalue weighted by molar-refractivity contribution is 0.0983. The number of carbonyl (C=O) groups is 2. The molecule has 0 atom stereocenters. The highest BCUT2D eigenvalue weighted by molar-refractivity contribution is 6.36. The van der Waals surface area contributed by atoms with Crippen molar-refractivity contribution in [2.75, 3.05) is 10.2 Å². The van der Waals surface area contributed by atoms with Crippen molar-refractivity contribution < 1.29 is 9.59 Å². The Morgan fingerprint density at radius 3 is 2.52 bits per heavy atom. The van der Waals surface area contributed by atoms with E-state index in [1.54, 1.807) is 47.5 Å². The maximum Gasteiger partial charge on any atom is 0.258 e. The Hall–Kier alpha value is -3.61. The summed E-state index contributed by atoms with van der Waals surface area (Å²) < 4.78 is 1.91. The minimum atomic E-state index is -0.378. The summed E-state index contributed by atoms with van der Waals surface area (Å²) in [5.41, 5.74) is 4.18. The van der Waals surface area contributed by atoms with E-state index in [0.29, 0.717) is 34.4 Å². The molecule has 0 aliphatic carbocycles. The van der Waals surface area contributed by atoms with Gasteiger partial charge < -0.3 is 10.2 Å². The molecule has 2 amide bonds. The standard InChI is InChI=1S/C25H18Cl2N4O2/c26-18-7-10-22(27)21(13-18)24(32)29-19-8-5-16(6-9-19)25(33)30-15-20-11-12-28-31(20)14-17-3-1-2-4-23(17)30/h1-13H,14-15H2,(H,29,32). The molecule has 33 heavy (non-hydrogen) atoms. The third-order valence-electron chi connectivity index (χ3n) is 5.54. The molecule has 0 fully saturated rings. The first-order valence-corrected chi connectivity index (χ1v) is 11.0. The number of nitrogens with zero attached hydrogens (tertiary/aromatic N) is 3. The van der Waals surface area contributed by atoms with Crippen molar-refractivity contribution >= 4 is 46.4 Å². The molecule has 8 heteroatoms. The quantitative estimate of drug-likeness (QED) is 0.415. The van der Waals surface area contributed by atoms with Crippen LogP contribution >= 0.6 is 23.2 Å². The van der Waals surface area contributed by atoms with Crippen molar-refractivity contribution in [3.05, 3.63) is 111 Å². The van der Waals surface area contributed by atoms with Gasteiger partial charge in [-0.05, 0) is 60.2 Å². The van der Waals surface area contributed by atoms with Crippen LogP contribution in [0, 0.1) is 0 Å². The second-order valence-electron chi connectivity index (χ2n) is 7.66. The zero-order chi connectivity index (χ0) is 22.9. The summed E-state index contributed by atoms with van der Waals surface area (Å²) in [6.07, 6.45) is 1.75. The second-order valence-corrected chi connectivity index (χ2v) is 8.50. The van der Waals surface area contributed by atoms with Crippen molar-refractivity contribution in [1.29, 1.82) is 0 Å². The Bertz CT molecular complexity index is 1370. The number of aromatic nitrogens is 2. The first-order valence-electron chi connectivity index (χ1n) is 10.3. The molecule has 1 aromatic heterocycles. The van der Waals surface area contributed by atoms with E-state index < -0.39 is 0 Å². The molecule has 0 spiro atoms. The van der Waals surface area contributed by atoms with E-state index in [4.69, 9.17) is 23.2 Å². The zero-order valence-corrected chi connectivity index (χ0v) is 18.8.